The summed E-state index contributed by atoms with van der Waals surface area (Å²) in [6, 6.07) is 14.4. The van der Waals surface area contributed by atoms with Crippen molar-refractivity contribution in [3.8, 4) is 0 Å². The molecule has 2 nitrogen and oxygen atoms in total. The summed E-state index contributed by atoms with van der Waals surface area (Å²) in [4.78, 5) is 3.23. The molecule has 0 amide bonds. The zero-order chi connectivity index (χ0) is 13.2. The standard InChI is InChI=1S/C16H15ClN2/c1-11-2-5-14(17)9-15(11)19-10-12-3-4-13-6-7-18-16(13)8-12/h2-9,18-19H,10H2,1H3. The Morgan fingerprint density at radius 2 is 2.00 bits per heavy atom. The Balaban J connectivity index is 1.79. The monoisotopic (exact) mass is 270 g/mol. The van der Waals surface area contributed by atoms with Crippen molar-refractivity contribution in [1.29, 1.82) is 0 Å². The van der Waals surface area contributed by atoms with Crippen LogP contribution in [-0.4, -0.2) is 4.98 Å². The minimum absolute atomic E-state index is 0.757. The van der Waals surface area contributed by atoms with E-state index in [0.29, 0.717) is 0 Å². The van der Waals surface area contributed by atoms with Crippen LogP contribution in [0.5, 0.6) is 0 Å². The fraction of sp³-hybridized carbons (Fsp3) is 0.125. The fourth-order valence-electron chi connectivity index (χ4n) is 2.19. The van der Waals surface area contributed by atoms with Gasteiger partial charge in [0, 0.05) is 29.0 Å². The maximum Gasteiger partial charge on any atom is 0.0457 e. The Bertz CT molecular complexity index is 716. The molecular weight excluding hydrogens is 256 g/mol. The molecule has 0 unspecified atom stereocenters. The Kier molecular flexibility index (Phi) is 3.18. The summed E-state index contributed by atoms with van der Waals surface area (Å²) in [6.07, 6.45) is 1.96. The van der Waals surface area contributed by atoms with E-state index >= 15 is 0 Å². The molecule has 0 saturated carbocycles. The van der Waals surface area contributed by atoms with Gasteiger partial charge in [0.05, 0.1) is 0 Å². The zero-order valence-electron chi connectivity index (χ0n) is 10.7. The highest BCUT2D eigenvalue weighted by Crippen LogP contribution is 2.21. The van der Waals surface area contributed by atoms with Crippen LogP contribution in [-0.2, 0) is 6.54 Å². The van der Waals surface area contributed by atoms with Gasteiger partial charge in [0.15, 0.2) is 0 Å². The van der Waals surface area contributed by atoms with Gasteiger partial charge in [0.1, 0.15) is 0 Å². The van der Waals surface area contributed by atoms with Crippen LogP contribution in [0.25, 0.3) is 10.9 Å². The predicted molar refractivity (Wildman–Crippen MR) is 81.8 cm³/mol. The molecule has 0 spiro atoms. The summed E-state index contributed by atoms with van der Waals surface area (Å²) < 4.78 is 0. The molecule has 19 heavy (non-hydrogen) atoms. The average Bonchev–Trinajstić information content (AvgIpc) is 2.87. The first kappa shape index (κ1) is 12.1. The number of aryl methyl sites for hydroxylation is 1. The van der Waals surface area contributed by atoms with E-state index in [0.717, 1.165) is 17.3 Å². The van der Waals surface area contributed by atoms with Crippen LogP contribution >= 0.6 is 11.6 Å². The highest BCUT2D eigenvalue weighted by Gasteiger charge is 2.01. The molecule has 0 bridgehead atoms. The Morgan fingerprint density at radius 3 is 2.89 bits per heavy atom. The molecule has 1 heterocycles. The molecule has 0 aliphatic heterocycles. The second-order valence-corrected chi connectivity index (χ2v) is 5.15. The number of halogens is 1. The van der Waals surface area contributed by atoms with Crippen molar-refractivity contribution in [2.24, 2.45) is 0 Å². The number of hydrogen-bond acceptors (Lipinski definition) is 1. The Morgan fingerprint density at radius 1 is 1.11 bits per heavy atom. The van der Waals surface area contributed by atoms with E-state index < -0.39 is 0 Å². The minimum Gasteiger partial charge on any atom is -0.381 e. The van der Waals surface area contributed by atoms with Crippen molar-refractivity contribution < 1.29 is 0 Å². The maximum atomic E-state index is 6.02. The number of anilines is 1. The topological polar surface area (TPSA) is 27.8 Å². The summed E-state index contributed by atoms with van der Waals surface area (Å²) in [5.41, 5.74) is 4.70. The van der Waals surface area contributed by atoms with Gasteiger partial charge in [-0.1, -0.05) is 29.8 Å². The first-order valence-corrected chi connectivity index (χ1v) is 6.66. The molecule has 2 aromatic carbocycles. The molecule has 0 atom stereocenters. The van der Waals surface area contributed by atoms with E-state index in [4.69, 9.17) is 11.6 Å². The number of fused-ring (bicyclic) bond motifs is 1. The highest BCUT2D eigenvalue weighted by molar-refractivity contribution is 6.30. The van der Waals surface area contributed by atoms with Gasteiger partial charge in [-0.15, -0.1) is 0 Å². The molecule has 0 radical (unpaired) electrons. The number of aromatic amines is 1. The zero-order valence-corrected chi connectivity index (χ0v) is 11.5. The summed E-state index contributed by atoms with van der Waals surface area (Å²) in [7, 11) is 0. The molecule has 0 fully saturated rings. The summed E-state index contributed by atoms with van der Waals surface area (Å²) in [5, 5.41) is 5.42. The van der Waals surface area contributed by atoms with Gasteiger partial charge in [0.25, 0.3) is 0 Å². The van der Waals surface area contributed by atoms with Gasteiger partial charge < -0.3 is 10.3 Å². The van der Waals surface area contributed by atoms with E-state index in [1.165, 1.54) is 22.0 Å². The second-order valence-electron chi connectivity index (χ2n) is 4.71. The third kappa shape index (κ3) is 2.59. The molecule has 0 aliphatic carbocycles. The minimum atomic E-state index is 0.757. The maximum absolute atomic E-state index is 6.02. The molecular formula is C16H15ClN2. The van der Waals surface area contributed by atoms with Crippen molar-refractivity contribution in [1.82, 2.24) is 4.98 Å². The first-order valence-electron chi connectivity index (χ1n) is 6.28. The van der Waals surface area contributed by atoms with Gasteiger partial charge in [-0.05, 0) is 47.7 Å². The van der Waals surface area contributed by atoms with Crippen molar-refractivity contribution in [3.05, 3.63) is 64.8 Å². The lowest BCUT2D eigenvalue weighted by molar-refractivity contribution is 1.14. The van der Waals surface area contributed by atoms with Gasteiger partial charge >= 0.3 is 0 Å². The van der Waals surface area contributed by atoms with Gasteiger partial charge in [-0.3, -0.25) is 0 Å². The fourth-order valence-corrected chi connectivity index (χ4v) is 2.36. The number of H-pyrrole nitrogens is 1. The van der Waals surface area contributed by atoms with Crippen LogP contribution in [0, 0.1) is 6.92 Å². The molecule has 1 aromatic heterocycles. The summed E-state index contributed by atoms with van der Waals surface area (Å²) >= 11 is 6.02. The Hall–Kier alpha value is -1.93. The number of rotatable bonds is 3. The molecule has 96 valence electrons. The van der Waals surface area contributed by atoms with E-state index in [2.05, 4.69) is 41.5 Å². The van der Waals surface area contributed by atoms with Crippen LogP contribution in [0.2, 0.25) is 5.02 Å². The van der Waals surface area contributed by atoms with Gasteiger partial charge in [0.2, 0.25) is 0 Å². The lowest BCUT2D eigenvalue weighted by Crippen LogP contribution is -2.00. The number of hydrogen-bond donors (Lipinski definition) is 2. The van der Waals surface area contributed by atoms with E-state index in [-0.39, 0.29) is 0 Å². The lowest BCUT2D eigenvalue weighted by atomic mass is 10.1. The number of benzene rings is 2. The van der Waals surface area contributed by atoms with Crippen LogP contribution < -0.4 is 5.32 Å². The first-order chi connectivity index (χ1) is 9.22. The van der Waals surface area contributed by atoms with Gasteiger partial charge in [-0.2, -0.15) is 0 Å². The van der Waals surface area contributed by atoms with Gasteiger partial charge in [-0.25, -0.2) is 0 Å². The largest absolute Gasteiger partial charge is 0.381 e. The predicted octanol–water partition coefficient (Wildman–Crippen LogP) is 4.74. The summed E-state index contributed by atoms with van der Waals surface area (Å²) in [5.74, 6) is 0. The normalized spacial score (nSPS) is 10.8. The van der Waals surface area contributed by atoms with Crippen LogP contribution in [0.4, 0.5) is 5.69 Å². The van der Waals surface area contributed by atoms with Crippen molar-refractivity contribution in [2.45, 2.75) is 13.5 Å². The quantitative estimate of drug-likeness (QED) is 0.707. The van der Waals surface area contributed by atoms with Crippen molar-refractivity contribution >= 4 is 28.2 Å². The SMILES string of the molecule is Cc1ccc(Cl)cc1NCc1ccc2cc[nH]c2c1. The Labute approximate surface area is 117 Å². The molecule has 0 saturated heterocycles. The number of nitrogens with one attached hydrogen (secondary N) is 2. The van der Waals surface area contributed by atoms with Crippen LogP contribution in [0.3, 0.4) is 0 Å². The van der Waals surface area contributed by atoms with Crippen LogP contribution in [0.1, 0.15) is 11.1 Å². The van der Waals surface area contributed by atoms with E-state index in [1.54, 1.807) is 0 Å². The third-order valence-electron chi connectivity index (χ3n) is 3.30. The second kappa shape index (κ2) is 4.98. The molecule has 0 aliphatic rings. The molecule has 2 N–H and O–H groups in total. The third-order valence-corrected chi connectivity index (χ3v) is 3.54. The van der Waals surface area contributed by atoms with Crippen molar-refractivity contribution in [3.63, 3.8) is 0 Å². The van der Waals surface area contributed by atoms with Crippen LogP contribution in [0.15, 0.2) is 48.7 Å². The number of aromatic nitrogens is 1. The molecule has 3 aromatic rings. The molecule has 3 heteroatoms. The van der Waals surface area contributed by atoms with Crippen molar-refractivity contribution in [2.75, 3.05) is 5.32 Å². The van der Waals surface area contributed by atoms with E-state index in [1.807, 2.05) is 24.4 Å². The average molecular weight is 271 g/mol. The lowest BCUT2D eigenvalue weighted by Gasteiger charge is -2.10. The highest BCUT2D eigenvalue weighted by atomic mass is 35.5. The van der Waals surface area contributed by atoms with E-state index in [9.17, 15) is 0 Å². The summed E-state index contributed by atoms with van der Waals surface area (Å²) in [6.45, 7) is 2.86. The smallest absolute Gasteiger partial charge is 0.0457 e. The molecule has 3 rings (SSSR count).